The van der Waals surface area contributed by atoms with E-state index >= 15 is 0 Å². The van der Waals surface area contributed by atoms with Crippen molar-refractivity contribution < 1.29 is 4.79 Å². The first-order valence-electron chi connectivity index (χ1n) is 6.91. The fourth-order valence-corrected chi connectivity index (χ4v) is 2.08. The summed E-state index contributed by atoms with van der Waals surface area (Å²) in [4.78, 5) is 22.6. The van der Waals surface area contributed by atoms with Crippen LogP contribution in [0.25, 0.3) is 0 Å². The predicted octanol–water partition coefficient (Wildman–Crippen LogP) is 0.520. The number of rotatable bonds is 6. The van der Waals surface area contributed by atoms with Gasteiger partial charge < -0.3 is 15.6 Å². The van der Waals surface area contributed by atoms with Crippen LogP contribution >= 0.6 is 0 Å². The number of hydrogen-bond donors (Lipinski definition) is 3. The lowest BCUT2D eigenvalue weighted by Crippen LogP contribution is -2.36. The van der Waals surface area contributed by atoms with Gasteiger partial charge in [0.2, 0.25) is 5.91 Å². The summed E-state index contributed by atoms with van der Waals surface area (Å²) in [7, 11) is 1.63. The van der Waals surface area contributed by atoms with E-state index in [-0.39, 0.29) is 12.5 Å². The van der Waals surface area contributed by atoms with Crippen LogP contribution in [-0.4, -0.2) is 36.0 Å². The maximum absolute atomic E-state index is 11.6. The van der Waals surface area contributed by atoms with Crippen molar-refractivity contribution in [2.75, 3.05) is 30.5 Å². The van der Waals surface area contributed by atoms with Gasteiger partial charge in [-0.25, -0.2) is 15.8 Å². The molecule has 0 atom stereocenters. The van der Waals surface area contributed by atoms with Gasteiger partial charge in [-0.3, -0.25) is 4.79 Å². The molecule has 1 aromatic rings. The van der Waals surface area contributed by atoms with E-state index in [1.807, 2.05) is 18.7 Å². The van der Waals surface area contributed by atoms with Gasteiger partial charge in [0.1, 0.15) is 17.5 Å². The number of nitrogens with zero attached hydrogens (tertiary/aromatic N) is 3. The second-order valence-corrected chi connectivity index (χ2v) is 4.98. The summed E-state index contributed by atoms with van der Waals surface area (Å²) in [6.07, 6.45) is 2.24. The molecule has 110 valence electrons. The highest BCUT2D eigenvalue weighted by Crippen LogP contribution is 2.39. The Morgan fingerprint density at radius 2 is 2.15 bits per heavy atom. The SMILES string of the molecule is CCN(CC(=O)NC)c1nc(C2CC2)nc(NN)c1C. The van der Waals surface area contributed by atoms with Gasteiger partial charge in [0.25, 0.3) is 0 Å². The number of hydrogen-bond acceptors (Lipinski definition) is 6. The average molecular weight is 278 g/mol. The van der Waals surface area contributed by atoms with Crippen molar-refractivity contribution in [3.63, 3.8) is 0 Å². The normalized spacial score (nSPS) is 14.0. The highest BCUT2D eigenvalue weighted by Gasteiger charge is 2.29. The van der Waals surface area contributed by atoms with Gasteiger partial charge in [-0.2, -0.15) is 0 Å². The highest BCUT2D eigenvalue weighted by molar-refractivity contribution is 5.81. The highest BCUT2D eigenvalue weighted by atomic mass is 16.1. The van der Waals surface area contributed by atoms with Crippen molar-refractivity contribution in [3.05, 3.63) is 11.4 Å². The monoisotopic (exact) mass is 278 g/mol. The summed E-state index contributed by atoms with van der Waals surface area (Å²) in [5.74, 6) is 8.15. The van der Waals surface area contributed by atoms with Crippen molar-refractivity contribution >= 4 is 17.5 Å². The van der Waals surface area contributed by atoms with Crippen LogP contribution in [0, 0.1) is 6.92 Å². The van der Waals surface area contributed by atoms with E-state index in [2.05, 4.69) is 20.7 Å². The molecule has 0 aliphatic heterocycles. The van der Waals surface area contributed by atoms with Crippen LogP contribution in [0.3, 0.4) is 0 Å². The molecule has 7 nitrogen and oxygen atoms in total. The third-order valence-electron chi connectivity index (χ3n) is 3.51. The van der Waals surface area contributed by atoms with Crippen molar-refractivity contribution in [1.29, 1.82) is 0 Å². The standard InChI is InChI=1S/C13H22N6O/c1-4-19(7-10(20)15-3)13-8(2)11(18-14)16-12(17-13)9-5-6-9/h9H,4-7,14H2,1-3H3,(H,15,20)(H,16,17,18). The molecule has 20 heavy (non-hydrogen) atoms. The molecular weight excluding hydrogens is 256 g/mol. The predicted molar refractivity (Wildman–Crippen MR) is 78.5 cm³/mol. The van der Waals surface area contributed by atoms with E-state index in [0.717, 1.165) is 30.0 Å². The van der Waals surface area contributed by atoms with Gasteiger partial charge in [0.05, 0.1) is 6.54 Å². The molecule has 2 rings (SSSR count). The first kappa shape index (κ1) is 14.5. The molecule has 0 bridgehead atoms. The van der Waals surface area contributed by atoms with Gasteiger partial charge in [0.15, 0.2) is 0 Å². The first-order valence-corrected chi connectivity index (χ1v) is 6.91. The van der Waals surface area contributed by atoms with Crippen LogP contribution in [0.15, 0.2) is 0 Å². The molecule has 1 aliphatic carbocycles. The molecule has 0 unspecified atom stereocenters. The van der Waals surface area contributed by atoms with Gasteiger partial charge in [0, 0.05) is 25.1 Å². The van der Waals surface area contributed by atoms with E-state index in [1.54, 1.807) is 7.05 Å². The molecule has 7 heteroatoms. The van der Waals surface area contributed by atoms with E-state index in [0.29, 0.717) is 18.3 Å². The van der Waals surface area contributed by atoms with E-state index in [9.17, 15) is 4.79 Å². The van der Waals surface area contributed by atoms with E-state index in [1.165, 1.54) is 0 Å². The topological polar surface area (TPSA) is 96.2 Å². The number of hydrazine groups is 1. The zero-order valence-electron chi connectivity index (χ0n) is 12.2. The number of aromatic nitrogens is 2. The van der Waals surface area contributed by atoms with Crippen LogP contribution in [0.2, 0.25) is 0 Å². The summed E-state index contributed by atoms with van der Waals surface area (Å²) in [5, 5.41) is 2.63. The Labute approximate surface area is 118 Å². The molecule has 1 fully saturated rings. The fourth-order valence-electron chi connectivity index (χ4n) is 2.08. The first-order chi connectivity index (χ1) is 9.60. The molecule has 1 saturated carbocycles. The summed E-state index contributed by atoms with van der Waals surface area (Å²) in [5.41, 5.74) is 3.49. The third-order valence-corrected chi connectivity index (χ3v) is 3.51. The van der Waals surface area contributed by atoms with E-state index in [4.69, 9.17) is 5.84 Å². The molecule has 0 radical (unpaired) electrons. The van der Waals surface area contributed by atoms with Crippen LogP contribution < -0.4 is 21.5 Å². The van der Waals surface area contributed by atoms with Crippen LogP contribution in [0.1, 0.15) is 37.1 Å². The summed E-state index contributed by atoms with van der Waals surface area (Å²) < 4.78 is 0. The lowest BCUT2D eigenvalue weighted by molar-refractivity contribution is -0.119. The summed E-state index contributed by atoms with van der Waals surface area (Å²) in [6, 6.07) is 0. The number of amides is 1. The minimum absolute atomic E-state index is 0.0416. The number of carbonyl (C=O) groups is 1. The molecular formula is C13H22N6O. The summed E-state index contributed by atoms with van der Waals surface area (Å²) in [6.45, 7) is 4.88. The smallest absolute Gasteiger partial charge is 0.239 e. The molecule has 4 N–H and O–H groups in total. The fraction of sp³-hybridized carbons (Fsp3) is 0.615. The molecule has 1 aliphatic rings. The Balaban J connectivity index is 2.36. The third kappa shape index (κ3) is 2.98. The molecule has 1 aromatic heterocycles. The lowest BCUT2D eigenvalue weighted by atomic mass is 10.2. The van der Waals surface area contributed by atoms with Gasteiger partial charge in [-0.05, 0) is 26.7 Å². The Morgan fingerprint density at radius 1 is 1.45 bits per heavy atom. The van der Waals surface area contributed by atoms with Crippen LogP contribution in [0.4, 0.5) is 11.6 Å². The summed E-state index contributed by atoms with van der Waals surface area (Å²) >= 11 is 0. The van der Waals surface area contributed by atoms with Crippen molar-refractivity contribution in [1.82, 2.24) is 15.3 Å². The molecule has 1 heterocycles. The quantitative estimate of drug-likeness (QED) is 0.518. The second-order valence-electron chi connectivity index (χ2n) is 4.98. The molecule has 0 saturated heterocycles. The minimum atomic E-state index is -0.0416. The maximum Gasteiger partial charge on any atom is 0.239 e. The number of nitrogens with one attached hydrogen (secondary N) is 2. The minimum Gasteiger partial charge on any atom is -0.358 e. The Kier molecular flexibility index (Phi) is 4.39. The lowest BCUT2D eigenvalue weighted by Gasteiger charge is -2.24. The van der Waals surface area contributed by atoms with Crippen LogP contribution in [0.5, 0.6) is 0 Å². The van der Waals surface area contributed by atoms with Crippen molar-refractivity contribution in [2.45, 2.75) is 32.6 Å². The van der Waals surface area contributed by atoms with E-state index < -0.39 is 0 Å². The Morgan fingerprint density at radius 3 is 2.65 bits per heavy atom. The molecule has 0 aromatic carbocycles. The number of carbonyl (C=O) groups excluding carboxylic acids is 1. The average Bonchev–Trinajstić information content (AvgIpc) is 3.29. The van der Waals surface area contributed by atoms with Crippen LogP contribution in [-0.2, 0) is 4.79 Å². The molecule has 1 amide bonds. The number of nitrogens with two attached hydrogens (primary N) is 1. The zero-order chi connectivity index (χ0) is 14.7. The van der Waals surface area contributed by atoms with Gasteiger partial charge in [-0.15, -0.1) is 0 Å². The van der Waals surface area contributed by atoms with Gasteiger partial charge in [-0.1, -0.05) is 0 Å². The Hall–Kier alpha value is -1.89. The van der Waals surface area contributed by atoms with Gasteiger partial charge >= 0.3 is 0 Å². The van der Waals surface area contributed by atoms with Crippen molar-refractivity contribution in [3.8, 4) is 0 Å². The number of likely N-dealkylation sites (N-methyl/N-ethyl adjacent to an activating group) is 2. The van der Waals surface area contributed by atoms with Crippen molar-refractivity contribution in [2.24, 2.45) is 5.84 Å². The number of nitrogen functional groups attached to an aromatic ring is 1. The zero-order valence-corrected chi connectivity index (χ0v) is 12.2. The largest absolute Gasteiger partial charge is 0.358 e. The molecule has 0 spiro atoms. The second kappa shape index (κ2) is 6.04. The number of anilines is 2. The Bertz CT molecular complexity index is 500. The maximum atomic E-state index is 11.6.